The minimum Gasteiger partial charge on any atom is -0.608 e. The van der Waals surface area contributed by atoms with Crippen LogP contribution >= 0.6 is 0 Å². The van der Waals surface area contributed by atoms with Gasteiger partial charge < -0.3 is 14.7 Å². The lowest BCUT2D eigenvalue weighted by atomic mass is 10.1. The number of nitrogens with zero attached hydrogens (tertiary/aromatic N) is 1. The summed E-state index contributed by atoms with van der Waals surface area (Å²) in [6.07, 6.45) is 9.36. The summed E-state index contributed by atoms with van der Waals surface area (Å²) in [5, 5.41) is 11.6. The van der Waals surface area contributed by atoms with Crippen LogP contribution in [0.3, 0.4) is 0 Å². The maximum absolute atomic E-state index is 11.6. The Labute approximate surface area is 110 Å². The highest BCUT2D eigenvalue weighted by Gasteiger charge is 2.07. The van der Waals surface area contributed by atoms with Gasteiger partial charge in [0.2, 0.25) is 0 Å². The molecule has 3 heteroatoms. The van der Waals surface area contributed by atoms with E-state index in [2.05, 4.69) is 11.0 Å². The monoisotopic (exact) mass is 248 g/mol. The first-order valence-corrected chi connectivity index (χ1v) is 6.08. The molecule has 100 valence electrons. The van der Waals surface area contributed by atoms with Crippen LogP contribution in [-0.4, -0.2) is 31.1 Å². The quantitative estimate of drug-likeness (QED) is 0.714. The molecule has 0 saturated heterocycles. The van der Waals surface area contributed by atoms with Gasteiger partial charge in [0.1, 0.15) is 0 Å². The average Bonchev–Trinajstić information content (AvgIpc) is 2.58. The molecule has 0 heterocycles. The molecular weight excluding hydrogens is 226 g/mol. The summed E-state index contributed by atoms with van der Waals surface area (Å²) in [7, 11) is 4.04. The fourth-order valence-corrected chi connectivity index (χ4v) is 1.61. The van der Waals surface area contributed by atoms with Gasteiger partial charge in [0.05, 0.1) is 5.95 Å². The van der Waals surface area contributed by atoms with Crippen LogP contribution in [0.4, 0.5) is 0 Å². The summed E-state index contributed by atoms with van der Waals surface area (Å²) in [6.45, 7) is 6.44. The topological polar surface area (TPSA) is 35.5 Å². The van der Waals surface area contributed by atoms with Crippen molar-refractivity contribution >= 4 is 0 Å². The van der Waals surface area contributed by atoms with Crippen LogP contribution in [0, 0.1) is 0 Å². The number of likely N-dealkylation sites (N-methyl/N-ethyl adjacent to an activating group) is 1. The van der Waals surface area contributed by atoms with Gasteiger partial charge in [-0.3, -0.25) is 0 Å². The largest absolute Gasteiger partial charge is 0.608 e. The highest BCUT2D eigenvalue weighted by molar-refractivity contribution is 5.50. The van der Waals surface area contributed by atoms with Crippen molar-refractivity contribution in [2.24, 2.45) is 0 Å². The zero-order valence-electron chi connectivity index (χ0n) is 11.9. The normalized spacial score (nSPS) is 18.7. The fourth-order valence-electron chi connectivity index (χ4n) is 1.61. The Morgan fingerprint density at radius 2 is 2.06 bits per heavy atom. The molecule has 0 unspecified atom stereocenters. The van der Waals surface area contributed by atoms with E-state index in [1.54, 1.807) is 0 Å². The minimum atomic E-state index is -0.445. The van der Waals surface area contributed by atoms with Crippen LogP contribution in [0.25, 0.3) is 0 Å². The molecule has 3 nitrogen and oxygen atoms in total. The molecule has 0 fully saturated rings. The van der Waals surface area contributed by atoms with Gasteiger partial charge in [-0.2, -0.15) is 0 Å². The van der Waals surface area contributed by atoms with Crippen molar-refractivity contribution in [3.63, 3.8) is 0 Å². The summed E-state index contributed by atoms with van der Waals surface area (Å²) in [5.74, 6) is -0.306. The molecule has 0 saturated carbocycles. The highest BCUT2D eigenvalue weighted by atomic mass is 16.6. The number of allylic oxidation sites excluding steroid dienone is 5. The molecule has 1 aliphatic carbocycles. The van der Waals surface area contributed by atoms with Crippen molar-refractivity contribution in [2.75, 3.05) is 20.6 Å². The Kier molecular flexibility index (Phi) is 4.79. The molecular formula is C15H22NO2-. The Hall–Kier alpha value is -1.48. The van der Waals surface area contributed by atoms with Gasteiger partial charge in [-0.1, -0.05) is 45.1 Å². The molecule has 0 aliphatic heterocycles. The zero-order valence-corrected chi connectivity index (χ0v) is 11.9. The lowest BCUT2D eigenvalue weighted by Crippen LogP contribution is -2.23. The van der Waals surface area contributed by atoms with Gasteiger partial charge in [-0.25, -0.2) is 0 Å². The number of hydrogen-bond acceptors (Lipinski definition) is 3. The molecule has 0 bridgehead atoms. The smallest absolute Gasteiger partial charge is 0.0517 e. The van der Waals surface area contributed by atoms with Crippen molar-refractivity contribution < 1.29 is 9.84 Å². The van der Waals surface area contributed by atoms with Gasteiger partial charge in [0.25, 0.3) is 0 Å². The van der Waals surface area contributed by atoms with E-state index in [-0.39, 0.29) is 5.95 Å². The first-order chi connectivity index (χ1) is 8.28. The van der Waals surface area contributed by atoms with Crippen molar-refractivity contribution in [2.45, 2.75) is 26.4 Å². The first-order valence-electron chi connectivity index (χ1n) is 6.08. The van der Waals surface area contributed by atoms with Crippen LogP contribution in [-0.2, 0) is 4.74 Å². The second-order valence-corrected chi connectivity index (χ2v) is 5.61. The van der Waals surface area contributed by atoms with E-state index in [4.69, 9.17) is 4.74 Å². The van der Waals surface area contributed by atoms with E-state index in [0.29, 0.717) is 0 Å². The molecule has 0 aromatic carbocycles. The van der Waals surface area contributed by atoms with Gasteiger partial charge in [-0.15, -0.1) is 0 Å². The van der Waals surface area contributed by atoms with Gasteiger partial charge in [0.15, 0.2) is 0 Å². The summed E-state index contributed by atoms with van der Waals surface area (Å²) >= 11 is 0. The van der Waals surface area contributed by atoms with Crippen LogP contribution in [0.15, 0.2) is 47.5 Å². The molecule has 1 rings (SSSR count). The molecule has 0 N–H and O–H groups in total. The van der Waals surface area contributed by atoms with Crippen LogP contribution in [0.5, 0.6) is 0 Å². The average molecular weight is 248 g/mol. The Bertz CT molecular complexity index is 407. The number of hydrogen-bond donors (Lipinski definition) is 0. The van der Waals surface area contributed by atoms with Crippen LogP contribution < -0.4 is 5.11 Å². The predicted octanol–water partition coefficient (Wildman–Crippen LogP) is 1.99. The predicted molar refractivity (Wildman–Crippen MR) is 72.8 cm³/mol. The second kappa shape index (κ2) is 5.91. The zero-order chi connectivity index (χ0) is 13.8. The third-order valence-corrected chi connectivity index (χ3v) is 2.24. The molecule has 0 aromatic heterocycles. The van der Waals surface area contributed by atoms with Crippen LogP contribution in [0.2, 0.25) is 0 Å². The van der Waals surface area contributed by atoms with Crippen molar-refractivity contribution in [1.29, 1.82) is 0 Å². The standard InChI is InChI=1S/C15H23NO2/c1-15(2,3)18-14(17)10-9-12-7-6-8-13(12)11-16(4)5/h6-10,17H,11H2,1-5H3/p-1/b12-9-,14-10+. The Balaban J connectivity index is 2.70. The lowest BCUT2D eigenvalue weighted by Gasteiger charge is -2.30. The number of rotatable bonds is 4. The molecule has 18 heavy (non-hydrogen) atoms. The first kappa shape index (κ1) is 14.6. The Morgan fingerprint density at radius 3 is 2.61 bits per heavy atom. The van der Waals surface area contributed by atoms with E-state index in [1.807, 2.05) is 53.1 Å². The third kappa shape index (κ3) is 5.23. The van der Waals surface area contributed by atoms with E-state index in [0.717, 1.165) is 12.1 Å². The van der Waals surface area contributed by atoms with E-state index in [1.165, 1.54) is 11.6 Å². The van der Waals surface area contributed by atoms with Crippen molar-refractivity contribution in [3.8, 4) is 0 Å². The van der Waals surface area contributed by atoms with E-state index < -0.39 is 5.60 Å². The highest BCUT2D eigenvalue weighted by Crippen LogP contribution is 2.19. The molecule has 0 aromatic rings. The summed E-state index contributed by atoms with van der Waals surface area (Å²) < 4.78 is 5.22. The summed E-state index contributed by atoms with van der Waals surface area (Å²) in [4.78, 5) is 2.10. The maximum Gasteiger partial charge on any atom is 0.0517 e. The SMILES string of the molecule is CN(C)CC1=CC=C/C1=C/C=C(\[O-])OC(C)(C)C. The van der Waals surface area contributed by atoms with Crippen LogP contribution in [0.1, 0.15) is 20.8 Å². The fraction of sp³-hybridized carbons (Fsp3) is 0.467. The molecule has 0 atom stereocenters. The van der Waals surface area contributed by atoms with E-state index >= 15 is 0 Å². The molecule has 0 amide bonds. The van der Waals surface area contributed by atoms with E-state index in [9.17, 15) is 5.11 Å². The lowest BCUT2D eigenvalue weighted by molar-refractivity contribution is -0.368. The second-order valence-electron chi connectivity index (χ2n) is 5.61. The summed E-state index contributed by atoms with van der Waals surface area (Å²) in [6, 6.07) is 0. The minimum absolute atomic E-state index is 0.306. The summed E-state index contributed by atoms with van der Waals surface area (Å²) in [5.41, 5.74) is 1.83. The van der Waals surface area contributed by atoms with Gasteiger partial charge in [-0.05, 0) is 31.3 Å². The molecule has 1 aliphatic rings. The third-order valence-electron chi connectivity index (χ3n) is 2.24. The van der Waals surface area contributed by atoms with Gasteiger partial charge >= 0.3 is 0 Å². The molecule has 0 radical (unpaired) electrons. The maximum atomic E-state index is 11.6. The van der Waals surface area contributed by atoms with Crippen molar-refractivity contribution in [3.05, 3.63) is 47.5 Å². The van der Waals surface area contributed by atoms with Crippen molar-refractivity contribution in [1.82, 2.24) is 4.90 Å². The Morgan fingerprint density at radius 1 is 1.39 bits per heavy atom. The van der Waals surface area contributed by atoms with Gasteiger partial charge in [0, 0.05) is 12.1 Å². The molecule has 0 spiro atoms. The number of ether oxygens (including phenoxy) is 1.